The number of hydrogen-bond donors (Lipinski definition) is 2. The van der Waals surface area contributed by atoms with Crippen molar-refractivity contribution in [2.45, 2.75) is 31.3 Å². The van der Waals surface area contributed by atoms with E-state index < -0.39 is 5.60 Å². The van der Waals surface area contributed by atoms with Crippen LogP contribution in [0.3, 0.4) is 0 Å². The van der Waals surface area contributed by atoms with Gasteiger partial charge in [-0.15, -0.1) is 0 Å². The third kappa shape index (κ3) is 4.40. The van der Waals surface area contributed by atoms with E-state index in [1.165, 1.54) is 0 Å². The smallest absolute Gasteiger partial charge is 0.119 e. The van der Waals surface area contributed by atoms with Crippen molar-refractivity contribution < 1.29 is 14.6 Å². The van der Waals surface area contributed by atoms with Gasteiger partial charge >= 0.3 is 0 Å². The predicted molar refractivity (Wildman–Crippen MR) is 74.8 cm³/mol. The summed E-state index contributed by atoms with van der Waals surface area (Å²) in [7, 11) is 1.65. The highest BCUT2D eigenvalue weighted by atomic mass is 16.5. The van der Waals surface area contributed by atoms with E-state index in [4.69, 9.17) is 9.47 Å². The topological polar surface area (TPSA) is 50.7 Å². The first-order valence-corrected chi connectivity index (χ1v) is 6.92. The molecule has 0 radical (unpaired) electrons. The second kappa shape index (κ2) is 6.78. The van der Waals surface area contributed by atoms with E-state index in [1.54, 1.807) is 7.11 Å². The maximum absolute atomic E-state index is 10.1. The summed E-state index contributed by atoms with van der Waals surface area (Å²) in [5, 5.41) is 13.4. The van der Waals surface area contributed by atoms with Crippen LogP contribution in [0.4, 0.5) is 0 Å². The molecule has 0 unspecified atom stereocenters. The summed E-state index contributed by atoms with van der Waals surface area (Å²) in [5.74, 6) is 1.66. The molecule has 1 aromatic carbocycles. The van der Waals surface area contributed by atoms with Gasteiger partial charge in [0.2, 0.25) is 0 Å². The Hall–Kier alpha value is -1.26. The van der Waals surface area contributed by atoms with Crippen LogP contribution in [0, 0.1) is 0 Å². The molecule has 4 nitrogen and oxygen atoms in total. The van der Waals surface area contributed by atoms with Crippen molar-refractivity contribution in [3.63, 3.8) is 0 Å². The average molecular weight is 265 g/mol. The number of nitrogens with one attached hydrogen (secondary N) is 1. The Morgan fingerprint density at radius 1 is 1.16 bits per heavy atom. The van der Waals surface area contributed by atoms with E-state index in [0.29, 0.717) is 13.2 Å². The zero-order chi connectivity index (χ0) is 13.6. The van der Waals surface area contributed by atoms with Gasteiger partial charge in [0.15, 0.2) is 0 Å². The summed E-state index contributed by atoms with van der Waals surface area (Å²) in [6.07, 6.45) is 4.11. The van der Waals surface area contributed by atoms with Crippen molar-refractivity contribution in [2.75, 3.05) is 26.8 Å². The minimum Gasteiger partial charge on any atom is -0.497 e. The standard InChI is InChI=1S/C15H23NO3/c1-18-13-4-6-14(7-5-13)19-11-10-16-12-15(17)8-2-3-9-15/h4-7,16-17H,2-3,8-12H2,1H3. The summed E-state index contributed by atoms with van der Waals surface area (Å²) < 4.78 is 10.7. The van der Waals surface area contributed by atoms with Crippen LogP contribution in [0.15, 0.2) is 24.3 Å². The molecule has 106 valence electrons. The number of methoxy groups -OCH3 is 1. The molecule has 1 aliphatic rings. The molecular formula is C15H23NO3. The lowest BCUT2D eigenvalue weighted by Gasteiger charge is -2.22. The minimum absolute atomic E-state index is 0.486. The SMILES string of the molecule is COc1ccc(OCCNCC2(O)CCCC2)cc1. The van der Waals surface area contributed by atoms with Gasteiger partial charge in [-0.3, -0.25) is 0 Å². The first-order chi connectivity index (χ1) is 9.22. The van der Waals surface area contributed by atoms with Crippen LogP contribution in [0.1, 0.15) is 25.7 Å². The minimum atomic E-state index is -0.486. The number of hydrogen-bond acceptors (Lipinski definition) is 4. The normalized spacial score (nSPS) is 17.4. The highest BCUT2D eigenvalue weighted by molar-refractivity contribution is 5.31. The van der Waals surface area contributed by atoms with Crippen LogP contribution in [0.5, 0.6) is 11.5 Å². The van der Waals surface area contributed by atoms with Gasteiger partial charge in [-0.2, -0.15) is 0 Å². The van der Waals surface area contributed by atoms with Gasteiger partial charge in [0, 0.05) is 13.1 Å². The van der Waals surface area contributed by atoms with Crippen molar-refractivity contribution in [2.24, 2.45) is 0 Å². The molecule has 1 aliphatic carbocycles. The zero-order valence-corrected chi connectivity index (χ0v) is 11.5. The fourth-order valence-corrected chi connectivity index (χ4v) is 2.44. The van der Waals surface area contributed by atoms with E-state index in [0.717, 1.165) is 43.7 Å². The van der Waals surface area contributed by atoms with Crippen LogP contribution >= 0.6 is 0 Å². The van der Waals surface area contributed by atoms with E-state index in [2.05, 4.69) is 5.32 Å². The third-order valence-electron chi connectivity index (χ3n) is 3.60. The summed E-state index contributed by atoms with van der Waals surface area (Å²) >= 11 is 0. The Kier molecular flexibility index (Phi) is 5.05. The Morgan fingerprint density at radius 3 is 2.42 bits per heavy atom. The fourth-order valence-electron chi connectivity index (χ4n) is 2.44. The van der Waals surface area contributed by atoms with Crippen LogP contribution < -0.4 is 14.8 Å². The Bertz CT molecular complexity index is 371. The van der Waals surface area contributed by atoms with Gasteiger partial charge in [0.1, 0.15) is 18.1 Å². The maximum atomic E-state index is 10.1. The monoisotopic (exact) mass is 265 g/mol. The molecular weight excluding hydrogens is 242 g/mol. The second-order valence-corrected chi connectivity index (χ2v) is 5.13. The van der Waals surface area contributed by atoms with Crippen molar-refractivity contribution in [1.82, 2.24) is 5.32 Å². The van der Waals surface area contributed by atoms with Crippen LogP contribution in [-0.4, -0.2) is 37.5 Å². The first-order valence-electron chi connectivity index (χ1n) is 6.92. The largest absolute Gasteiger partial charge is 0.497 e. The van der Waals surface area contributed by atoms with Gasteiger partial charge in [-0.05, 0) is 37.1 Å². The average Bonchev–Trinajstić information content (AvgIpc) is 2.86. The molecule has 1 aromatic rings. The van der Waals surface area contributed by atoms with Crippen LogP contribution in [-0.2, 0) is 0 Å². The van der Waals surface area contributed by atoms with Crippen molar-refractivity contribution in [3.05, 3.63) is 24.3 Å². The molecule has 19 heavy (non-hydrogen) atoms. The molecule has 0 atom stereocenters. The van der Waals surface area contributed by atoms with Gasteiger partial charge in [0.05, 0.1) is 12.7 Å². The van der Waals surface area contributed by atoms with E-state index in [1.807, 2.05) is 24.3 Å². The lowest BCUT2D eigenvalue weighted by molar-refractivity contribution is 0.0471. The van der Waals surface area contributed by atoms with Crippen molar-refractivity contribution in [1.29, 1.82) is 0 Å². The molecule has 0 saturated heterocycles. The summed E-state index contributed by atoms with van der Waals surface area (Å²) in [6.45, 7) is 2.01. The fraction of sp³-hybridized carbons (Fsp3) is 0.600. The summed E-state index contributed by atoms with van der Waals surface area (Å²) in [4.78, 5) is 0. The molecule has 4 heteroatoms. The molecule has 0 spiro atoms. The summed E-state index contributed by atoms with van der Waals surface area (Å²) in [6, 6.07) is 7.54. The zero-order valence-electron chi connectivity index (χ0n) is 11.5. The Balaban J connectivity index is 1.61. The van der Waals surface area contributed by atoms with Gasteiger partial charge in [-0.1, -0.05) is 12.8 Å². The van der Waals surface area contributed by atoms with Gasteiger partial charge < -0.3 is 19.9 Å². The third-order valence-corrected chi connectivity index (χ3v) is 3.60. The van der Waals surface area contributed by atoms with Gasteiger partial charge in [0.25, 0.3) is 0 Å². The van der Waals surface area contributed by atoms with E-state index in [9.17, 15) is 5.11 Å². The molecule has 1 saturated carbocycles. The maximum Gasteiger partial charge on any atom is 0.119 e. The lowest BCUT2D eigenvalue weighted by atomic mass is 10.0. The Morgan fingerprint density at radius 2 is 1.79 bits per heavy atom. The van der Waals surface area contributed by atoms with Crippen LogP contribution in [0.2, 0.25) is 0 Å². The molecule has 1 fully saturated rings. The number of aliphatic hydroxyl groups is 1. The number of benzene rings is 1. The number of rotatable bonds is 7. The highest BCUT2D eigenvalue weighted by Gasteiger charge is 2.30. The van der Waals surface area contributed by atoms with E-state index in [-0.39, 0.29) is 0 Å². The highest BCUT2D eigenvalue weighted by Crippen LogP contribution is 2.28. The quantitative estimate of drug-likeness (QED) is 0.740. The molecule has 2 N–H and O–H groups in total. The second-order valence-electron chi connectivity index (χ2n) is 5.13. The molecule has 2 rings (SSSR count). The van der Waals surface area contributed by atoms with Gasteiger partial charge in [-0.25, -0.2) is 0 Å². The van der Waals surface area contributed by atoms with E-state index >= 15 is 0 Å². The van der Waals surface area contributed by atoms with Crippen molar-refractivity contribution >= 4 is 0 Å². The molecule has 0 bridgehead atoms. The molecule has 0 aliphatic heterocycles. The lowest BCUT2D eigenvalue weighted by Crippen LogP contribution is -2.39. The number of ether oxygens (including phenoxy) is 2. The summed E-state index contributed by atoms with van der Waals surface area (Å²) in [5.41, 5.74) is -0.486. The molecule has 0 amide bonds. The molecule has 0 aromatic heterocycles. The van der Waals surface area contributed by atoms with Crippen molar-refractivity contribution in [3.8, 4) is 11.5 Å². The van der Waals surface area contributed by atoms with Crippen LogP contribution in [0.25, 0.3) is 0 Å². The predicted octanol–water partition coefficient (Wildman–Crippen LogP) is 1.97. The Labute approximate surface area is 114 Å². The molecule has 0 heterocycles. The first kappa shape index (κ1) is 14.2.